The second-order valence-electron chi connectivity index (χ2n) is 7.27. The maximum Gasteiger partial charge on any atom is 0.227 e. The molecule has 152 valence electrons. The van der Waals surface area contributed by atoms with Crippen LogP contribution in [0.25, 0.3) is 0 Å². The molecule has 9 heteroatoms. The highest BCUT2D eigenvalue weighted by Crippen LogP contribution is 2.17. The van der Waals surface area contributed by atoms with Crippen LogP contribution in [0.5, 0.6) is 0 Å². The number of nitrogens with zero attached hydrogens (tertiary/aromatic N) is 4. The van der Waals surface area contributed by atoms with Crippen LogP contribution >= 0.6 is 0 Å². The van der Waals surface area contributed by atoms with Crippen molar-refractivity contribution in [2.45, 2.75) is 44.9 Å². The SMILES string of the molecule is COCCn1c(CN(C)CCc2cn[nH]c2)cnc1S(=O)(=O)CCC(C)C. The highest BCUT2D eigenvalue weighted by Gasteiger charge is 2.23. The second-order valence-corrected chi connectivity index (χ2v) is 9.28. The Morgan fingerprint density at radius 2 is 2.11 bits per heavy atom. The third-order valence-corrected chi connectivity index (χ3v) is 6.09. The summed E-state index contributed by atoms with van der Waals surface area (Å²) in [5.74, 6) is 0.445. The number of sulfone groups is 1. The van der Waals surface area contributed by atoms with E-state index in [0.717, 1.165) is 24.2 Å². The van der Waals surface area contributed by atoms with Gasteiger partial charge in [-0.2, -0.15) is 5.10 Å². The van der Waals surface area contributed by atoms with Gasteiger partial charge in [-0.05, 0) is 31.4 Å². The lowest BCUT2D eigenvalue weighted by atomic mass is 10.2. The molecule has 0 amide bonds. The first-order chi connectivity index (χ1) is 12.8. The summed E-state index contributed by atoms with van der Waals surface area (Å²) in [6, 6.07) is 0. The van der Waals surface area contributed by atoms with Gasteiger partial charge in [-0.1, -0.05) is 13.8 Å². The fraction of sp³-hybridized carbons (Fsp3) is 0.667. The highest BCUT2D eigenvalue weighted by molar-refractivity contribution is 7.91. The van der Waals surface area contributed by atoms with E-state index in [-0.39, 0.29) is 10.9 Å². The Balaban J connectivity index is 2.11. The molecule has 8 nitrogen and oxygen atoms in total. The van der Waals surface area contributed by atoms with Gasteiger partial charge < -0.3 is 14.2 Å². The van der Waals surface area contributed by atoms with E-state index in [4.69, 9.17) is 4.74 Å². The van der Waals surface area contributed by atoms with Gasteiger partial charge in [-0.15, -0.1) is 0 Å². The van der Waals surface area contributed by atoms with E-state index >= 15 is 0 Å². The van der Waals surface area contributed by atoms with Crippen LogP contribution < -0.4 is 0 Å². The zero-order valence-corrected chi connectivity index (χ0v) is 17.5. The number of H-pyrrole nitrogens is 1. The highest BCUT2D eigenvalue weighted by atomic mass is 32.2. The minimum atomic E-state index is -3.41. The molecule has 0 fully saturated rings. The van der Waals surface area contributed by atoms with Crippen LogP contribution in [0, 0.1) is 5.92 Å². The Kier molecular flexibility index (Phi) is 8.00. The minimum absolute atomic E-state index is 0.116. The van der Waals surface area contributed by atoms with Crippen LogP contribution in [-0.2, 0) is 34.1 Å². The number of likely N-dealkylation sites (N-methyl/N-ethyl adjacent to an activating group) is 1. The molecule has 0 aliphatic rings. The largest absolute Gasteiger partial charge is 0.383 e. The summed E-state index contributed by atoms with van der Waals surface area (Å²) in [7, 11) is 0.213. The molecule has 1 N–H and O–H groups in total. The molecule has 0 unspecified atom stereocenters. The van der Waals surface area contributed by atoms with E-state index in [0.29, 0.717) is 32.0 Å². The second kappa shape index (κ2) is 10.0. The number of hydrogen-bond donors (Lipinski definition) is 1. The minimum Gasteiger partial charge on any atom is -0.383 e. The van der Waals surface area contributed by atoms with E-state index in [1.165, 1.54) is 0 Å². The van der Waals surface area contributed by atoms with Crippen LogP contribution in [0.15, 0.2) is 23.7 Å². The smallest absolute Gasteiger partial charge is 0.227 e. The Hall–Kier alpha value is -1.71. The quantitative estimate of drug-likeness (QED) is 0.586. The molecule has 0 saturated carbocycles. The van der Waals surface area contributed by atoms with Crippen molar-refractivity contribution in [2.75, 3.05) is 33.1 Å². The fourth-order valence-electron chi connectivity index (χ4n) is 2.76. The third-order valence-electron chi connectivity index (χ3n) is 4.43. The molecule has 0 radical (unpaired) electrons. The van der Waals surface area contributed by atoms with Gasteiger partial charge in [0.15, 0.2) is 0 Å². The van der Waals surface area contributed by atoms with Crippen molar-refractivity contribution in [3.8, 4) is 0 Å². The zero-order chi connectivity index (χ0) is 19.9. The first-order valence-corrected chi connectivity index (χ1v) is 10.9. The average molecular weight is 398 g/mol. The summed E-state index contributed by atoms with van der Waals surface area (Å²) in [4.78, 5) is 6.41. The molecule has 0 saturated heterocycles. The van der Waals surface area contributed by atoms with Crippen molar-refractivity contribution in [1.29, 1.82) is 0 Å². The van der Waals surface area contributed by atoms with Gasteiger partial charge in [0.25, 0.3) is 0 Å². The van der Waals surface area contributed by atoms with Gasteiger partial charge in [0.1, 0.15) is 0 Å². The number of imidazole rings is 1. The molecule has 2 rings (SSSR count). The molecule has 0 atom stereocenters. The Labute approximate surface area is 161 Å². The van der Waals surface area contributed by atoms with E-state index in [2.05, 4.69) is 20.1 Å². The normalized spacial score (nSPS) is 12.4. The molecule has 0 aliphatic heterocycles. The molecule has 0 aromatic carbocycles. The molecular weight excluding hydrogens is 366 g/mol. The molecule has 0 aliphatic carbocycles. The van der Waals surface area contributed by atoms with E-state index < -0.39 is 9.84 Å². The summed E-state index contributed by atoms with van der Waals surface area (Å²) in [5.41, 5.74) is 2.02. The van der Waals surface area contributed by atoms with E-state index in [1.807, 2.05) is 33.3 Å². The number of aromatic nitrogens is 4. The van der Waals surface area contributed by atoms with Crippen LogP contribution in [-0.4, -0.2) is 66.1 Å². The number of methoxy groups -OCH3 is 1. The Morgan fingerprint density at radius 3 is 2.74 bits per heavy atom. The molecule has 2 heterocycles. The standard InChI is InChI=1S/C18H31N5O3S/c1-15(2)6-10-27(24,25)18-19-13-17(23(18)8-9-26-4)14-22(3)7-5-16-11-20-21-12-16/h11-13,15H,5-10,14H2,1-4H3,(H,20,21). The van der Waals surface area contributed by atoms with E-state index in [9.17, 15) is 8.42 Å². The Bertz CT molecular complexity index is 784. The summed E-state index contributed by atoms with van der Waals surface area (Å²) in [6.07, 6.45) is 6.87. The van der Waals surface area contributed by atoms with Crippen molar-refractivity contribution < 1.29 is 13.2 Å². The van der Waals surface area contributed by atoms with Crippen molar-refractivity contribution in [3.63, 3.8) is 0 Å². The molecule has 27 heavy (non-hydrogen) atoms. The number of nitrogens with one attached hydrogen (secondary N) is 1. The topological polar surface area (TPSA) is 93.1 Å². The third kappa shape index (κ3) is 6.44. The first kappa shape index (κ1) is 21.6. The van der Waals surface area contributed by atoms with E-state index in [1.54, 1.807) is 17.9 Å². The van der Waals surface area contributed by atoms with Crippen LogP contribution in [0.1, 0.15) is 31.5 Å². The average Bonchev–Trinajstić information content (AvgIpc) is 3.26. The number of hydrogen-bond acceptors (Lipinski definition) is 6. The molecule has 2 aromatic rings. The zero-order valence-electron chi connectivity index (χ0n) is 16.7. The first-order valence-electron chi connectivity index (χ1n) is 9.25. The monoisotopic (exact) mass is 397 g/mol. The lowest BCUT2D eigenvalue weighted by Gasteiger charge is -2.18. The van der Waals surface area contributed by atoms with Gasteiger partial charge in [-0.3, -0.25) is 5.10 Å². The van der Waals surface area contributed by atoms with Gasteiger partial charge in [-0.25, -0.2) is 13.4 Å². The van der Waals surface area contributed by atoms with Gasteiger partial charge in [0.2, 0.25) is 15.0 Å². The molecule has 2 aromatic heterocycles. The number of rotatable bonds is 12. The maximum atomic E-state index is 12.8. The van der Waals surface area contributed by atoms with Gasteiger partial charge in [0.05, 0.1) is 30.4 Å². The number of aromatic amines is 1. The molecule has 0 spiro atoms. The summed E-state index contributed by atoms with van der Waals surface area (Å²) >= 11 is 0. The van der Waals surface area contributed by atoms with Crippen LogP contribution in [0.2, 0.25) is 0 Å². The fourth-order valence-corrected chi connectivity index (χ4v) is 4.48. The van der Waals surface area contributed by atoms with Crippen molar-refractivity contribution in [2.24, 2.45) is 5.92 Å². The maximum absolute atomic E-state index is 12.8. The van der Waals surface area contributed by atoms with Crippen LogP contribution in [0.4, 0.5) is 0 Å². The molecular formula is C18H31N5O3S. The lowest BCUT2D eigenvalue weighted by molar-refractivity contribution is 0.182. The van der Waals surface area contributed by atoms with Crippen molar-refractivity contribution in [1.82, 2.24) is 24.6 Å². The van der Waals surface area contributed by atoms with Crippen LogP contribution in [0.3, 0.4) is 0 Å². The Morgan fingerprint density at radius 1 is 1.33 bits per heavy atom. The van der Waals surface area contributed by atoms with Gasteiger partial charge >= 0.3 is 0 Å². The predicted octanol–water partition coefficient (Wildman–Crippen LogP) is 1.75. The summed E-state index contributed by atoms with van der Waals surface area (Å²) < 4.78 is 32.5. The van der Waals surface area contributed by atoms with Crippen molar-refractivity contribution >= 4 is 9.84 Å². The number of ether oxygens (including phenoxy) is 1. The summed E-state index contributed by atoms with van der Waals surface area (Å²) in [6.45, 7) is 6.41. The van der Waals surface area contributed by atoms with Gasteiger partial charge in [0, 0.05) is 32.9 Å². The lowest BCUT2D eigenvalue weighted by Crippen LogP contribution is -2.24. The summed E-state index contributed by atoms with van der Waals surface area (Å²) in [5, 5.41) is 6.92. The molecule has 0 bridgehead atoms. The predicted molar refractivity (Wildman–Crippen MR) is 104 cm³/mol. The van der Waals surface area contributed by atoms with Crippen molar-refractivity contribution in [3.05, 3.63) is 29.8 Å².